The molecule has 0 aliphatic carbocycles. The van der Waals surface area contributed by atoms with Crippen molar-refractivity contribution in [1.29, 1.82) is 0 Å². The van der Waals surface area contributed by atoms with E-state index in [1.807, 2.05) is 25.4 Å². The Balaban J connectivity index is 2.17. The van der Waals surface area contributed by atoms with Crippen LogP contribution in [0.15, 0.2) is 39.5 Å². The van der Waals surface area contributed by atoms with Gasteiger partial charge in [-0.15, -0.1) is 0 Å². The maximum Gasteiger partial charge on any atom is 0.133 e. The molecule has 2 aromatic heterocycles. The smallest absolute Gasteiger partial charge is 0.133 e. The number of hydrogen-bond donors (Lipinski definition) is 1. The van der Waals surface area contributed by atoms with Crippen molar-refractivity contribution in [1.82, 2.24) is 10.3 Å². The van der Waals surface area contributed by atoms with E-state index in [1.165, 1.54) is 5.56 Å². The number of aromatic nitrogens is 1. The van der Waals surface area contributed by atoms with Gasteiger partial charge in [-0.3, -0.25) is 0 Å². The van der Waals surface area contributed by atoms with Gasteiger partial charge in [-0.05, 0) is 40.7 Å². The molecule has 0 bridgehead atoms. The van der Waals surface area contributed by atoms with Gasteiger partial charge in [0.1, 0.15) is 11.6 Å². The van der Waals surface area contributed by atoms with Gasteiger partial charge in [-0.25, -0.2) is 4.98 Å². The maximum atomic E-state index is 5.38. The molecule has 102 valence electrons. The van der Waals surface area contributed by atoms with Crippen LogP contribution >= 0.6 is 15.9 Å². The summed E-state index contributed by atoms with van der Waals surface area (Å²) in [6, 6.07) is 5.97. The molecule has 19 heavy (non-hydrogen) atoms. The molecule has 1 N–H and O–H groups in total. The Bertz CT molecular complexity index is 513. The predicted molar refractivity (Wildman–Crippen MR) is 80.1 cm³/mol. The Morgan fingerprint density at radius 3 is 3.00 bits per heavy atom. The Labute approximate surface area is 122 Å². The molecule has 0 aromatic carbocycles. The zero-order chi connectivity index (χ0) is 13.7. The monoisotopic (exact) mass is 323 g/mol. The first-order chi connectivity index (χ1) is 9.20. The van der Waals surface area contributed by atoms with Crippen LogP contribution in [0.5, 0.6) is 0 Å². The van der Waals surface area contributed by atoms with E-state index in [0.29, 0.717) is 6.54 Å². The van der Waals surface area contributed by atoms with Crippen molar-refractivity contribution >= 4 is 21.7 Å². The standard InChI is InChI=1S/C14H18BrN3O/c1-3-16-8-11-7-12(15)9-17-14(11)18(2)10-13-5-4-6-19-13/h4-7,9,16H,3,8,10H2,1-2H3. The van der Waals surface area contributed by atoms with E-state index in [2.05, 4.69) is 44.1 Å². The highest BCUT2D eigenvalue weighted by molar-refractivity contribution is 9.10. The Hall–Kier alpha value is -1.33. The second-order valence-electron chi connectivity index (χ2n) is 4.35. The third kappa shape index (κ3) is 3.81. The number of furan rings is 1. The number of nitrogens with one attached hydrogen (secondary N) is 1. The maximum absolute atomic E-state index is 5.38. The van der Waals surface area contributed by atoms with Crippen LogP contribution in [0.25, 0.3) is 0 Å². The molecule has 0 aliphatic heterocycles. The molecule has 0 atom stereocenters. The molecule has 0 spiro atoms. The van der Waals surface area contributed by atoms with E-state index in [4.69, 9.17) is 4.42 Å². The molecule has 0 aliphatic rings. The second kappa shape index (κ2) is 6.73. The molecular weight excluding hydrogens is 306 g/mol. The number of halogens is 1. The van der Waals surface area contributed by atoms with Gasteiger partial charge in [0.25, 0.3) is 0 Å². The van der Waals surface area contributed by atoms with Gasteiger partial charge in [0, 0.05) is 29.8 Å². The molecule has 4 nitrogen and oxygen atoms in total. The minimum absolute atomic E-state index is 0.709. The number of pyridine rings is 1. The van der Waals surface area contributed by atoms with Crippen molar-refractivity contribution in [3.63, 3.8) is 0 Å². The van der Waals surface area contributed by atoms with Crippen LogP contribution in [0, 0.1) is 0 Å². The van der Waals surface area contributed by atoms with E-state index in [0.717, 1.165) is 29.1 Å². The molecule has 2 rings (SSSR count). The van der Waals surface area contributed by atoms with Crippen molar-refractivity contribution in [2.75, 3.05) is 18.5 Å². The predicted octanol–water partition coefficient (Wildman–Crippen LogP) is 3.18. The van der Waals surface area contributed by atoms with Gasteiger partial charge < -0.3 is 14.6 Å². The van der Waals surface area contributed by atoms with Crippen LogP contribution in [-0.4, -0.2) is 18.6 Å². The van der Waals surface area contributed by atoms with Gasteiger partial charge in [-0.1, -0.05) is 6.92 Å². The van der Waals surface area contributed by atoms with Crippen molar-refractivity contribution in [3.8, 4) is 0 Å². The summed E-state index contributed by atoms with van der Waals surface area (Å²) in [6.07, 6.45) is 3.52. The Morgan fingerprint density at radius 2 is 2.32 bits per heavy atom. The molecule has 0 saturated heterocycles. The first-order valence-corrected chi connectivity index (χ1v) is 7.08. The normalized spacial score (nSPS) is 10.7. The summed E-state index contributed by atoms with van der Waals surface area (Å²) in [5, 5.41) is 3.33. The first kappa shape index (κ1) is 14.1. The summed E-state index contributed by atoms with van der Waals surface area (Å²) < 4.78 is 6.37. The number of nitrogens with zero attached hydrogens (tertiary/aromatic N) is 2. The Kier molecular flexibility index (Phi) is 4.99. The van der Waals surface area contributed by atoms with E-state index in [1.54, 1.807) is 6.26 Å². The fourth-order valence-corrected chi connectivity index (χ4v) is 2.30. The van der Waals surface area contributed by atoms with Gasteiger partial charge in [0.2, 0.25) is 0 Å². The molecular formula is C14H18BrN3O. The van der Waals surface area contributed by atoms with E-state index in [9.17, 15) is 0 Å². The molecule has 0 unspecified atom stereocenters. The third-order valence-corrected chi connectivity index (χ3v) is 3.24. The summed E-state index contributed by atoms with van der Waals surface area (Å²) >= 11 is 3.47. The van der Waals surface area contributed by atoms with Crippen molar-refractivity contribution in [2.45, 2.75) is 20.0 Å². The quantitative estimate of drug-likeness (QED) is 0.886. The number of anilines is 1. The molecule has 0 fully saturated rings. The fraction of sp³-hybridized carbons (Fsp3) is 0.357. The molecule has 2 aromatic rings. The SMILES string of the molecule is CCNCc1cc(Br)cnc1N(C)Cc1ccco1. The molecule has 0 saturated carbocycles. The average Bonchev–Trinajstić information content (AvgIpc) is 2.89. The van der Waals surface area contributed by atoms with Crippen LogP contribution in [0.4, 0.5) is 5.82 Å². The van der Waals surface area contributed by atoms with Crippen molar-refractivity contribution in [2.24, 2.45) is 0 Å². The second-order valence-corrected chi connectivity index (χ2v) is 5.27. The van der Waals surface area contributed by atoms with Crippen molar-refractivity contribution in [3.05, 3.63) is 46.5 Å². The first-order valence-electron chi connectivity index (χ1n) is 6.29. The third-order valence-electron chi connectivity index (χ3n) is 2.81. The minimum atomic E-state index is 0.709. The lowest BCUT2D eigenvalue weighted by Gasteiger charge is -2.20. The highest BCUT2D eigenvalue weighted by Gasteiger charge is 2.11. The van der Waals surface area contributed by atoms with Crippen LogP contribution < -0.4 is 10.2 Å². The highest BCUT2D eigenvalue weighted by Crippen LogP contribution is 2.22. The summed E-state index contributed by atoms with van der Waals surface area (Å²) in [7, 11) is 2.02. The van der Waals surface area contributed by atoms with Crippen LogP contribution in [-0.2, 0) is 13.1 Å². The Morgan fingerprint density at radius 1 is 1.47 bits per heavy atom. The zero-order valence-corrected chi connectivity index (χ0v) is 12.8. The van der Waals surface area contributed by atoms with E-state index in [-0.39, 0.29) is 0 Å². The zero-order valence-electron chi connectivity index (χ0n) is 11.2. The molecule has 2 heterocycles. The van der Waals surface area contributed by atoms with Gasteiger partial charge in [-0.2, -0.15) is 0 Å². The van der Waals surface area contributed by atoms with E-state index >= 15 is 0 Å². The minimum Gasteiger partial charge on any atom is -0.467 e. The number of rotatable bonds is 6. The van der Waals surface area contributed by atoms with Gasteiger partial charge >= 0.3 is 0 Å². The van der Waals surface area contributed by atoms with E-state index < -0.39 is 0 Å². The summed E-state index contributed by atoms with van der Waals surface area (Å²) in [6.45, 7) is 4.55. The summed E-state index contributed by atoms with van der Waals surface area (Å²) in [5.41, 5.74) is 1.17. The topological polar surface area (TPSA) is 41.3 Å². The van der Waals surface area contributed by atoms with Crippen molar-refractivity contribution < 1.29 is 4.42 Å². The molecule has 0 radical (unpaired) electrons. The molecule has 0 amide bonds. The highest BCUT2D eigenvalue weighted by atomic mass is 79.9. The van der Waals surface area contributed by atoms with Gasteiger partial charge in [0.05, 0.1) is 12.8 Å². The lowest BCUT2D eigenvalue weighted by Crippen LogP contribution is -2.21. The van der Waals surface area contributed by atoms with Crippen LogP contribution in [0.1, 0.15) is 18.2 Å². The lowest BCUT2D eigenvalue weighted by atomic mass is 10.2. The fourth-order valence-electron chi connectivity index (χ4n) is 1.92. The molecule has 5 heteroatoms. The summed E-state index contributed by atoms with van der Waals surface area (Å²) in [4.78, 5) is 6.60. The van der Waals surface area contributed by atoms with Crippen LogP contribution in [0.2, 0.25) is 0 Å². The largest absolute Gasteiger partial charge is 0.467 e. The lowest BCUT2D eigenvalue weighted by molar-refractivity contribution is 0.506. The average molecular weight is 324 g/mol. The van der Waals surface area contributed by atoms with Crippen LogP contribution in [0.3, 0.4) is 0 Å². The number of hydrogen-bond acceptors (Lipinski definition) is 4. The summed E-state index contributed by atoms with van der Waals surface area (Å²) in [5.74, 6) is 1.90. The van der Waals surface area contributed by atoms with Gasteiger partial charge in [0.15, 0.2) is 0 Å².